The lowest BCUT2D eigenvalue weighted by molar-refractivity contribution is -0.138. The summed E-state index contributed by atoms with van der Waals surface area (Å²) in [4.78, 5) is 13.7. The first-order chi connectivity index (χ1) is 8.13. The van der Waals surface area contributed by atoms with Gasteiger partial charge in [0.2, 0.25) is 0 Å². The number of allylic oxidation sites excluding steroid dienone is 1. The maximum Gasteiger partial charge on any atom is 0.333 e. The molecule has 0 amide bonds. The summed E-state index contributed by atoms with van der Waals surface area (Å²) in [5.41, 5.74) is 1.65. The molecule has 2 rings (SSSR count). The highest BCUT2D eigenvalue weighted by atomic mass is 16.5. The number of hydrogen-bond donors (Lipinski definition) is 1. The zero-order valence-electron chi connectivity index (χ0n) is 10.3. The quantitative estimate of drug-likeness (QED) is 0.449. The van der Waals surface area contributed by atoms with Crippen molar-refractivity contribution in [2.45, 2.75) is 32.4 Å². The van der Waals surface area contributed by atoms with Crippen molar-refractivity contribution in [3.63, 3.8) is 0 Å². The molecule has 4 heteroatoms. The number of ether oxygens (including phenoxy) is 1. The van der Waals surface area contributed by atoms with Crippen LogP contribution >= 0.6 is 0 Å². The minimum absolute atomic E-state index is 0.0636. The molecule has 2 unspecified atom stereocenters. The smallest absolute Gasteiger partial charge is 0.333 e. The highest BCUT2D eigenvalue weighted by Gasteiger charge is 2.38. The number of carbonyl (C=O) groups is 1. The van der Waals surface area contributed by atoms with Gasteiger partial charge in [-0.3, -0.25) is 4.90 Å². The van der Waals surface area contributed by atoms with Crippen molar-refractivity contribution in [1.82, 2.24) is 4.90 Å². The Bertz CT molecular complexity index is 373. The fourth-order valence-electron chi connectivity index (χ4n) is 2.40. The van der Waals surface area contributed by atoms with Crippen LogP contribution in [0, 0.1) is 0 Å². The highest BCUT2D eigenvalue weighted by molar-refractivity contribution is 5.87. The minimum atomic E-state index is -0.315. The molecule has 0 aromatic rings. The Balaban J connectivity index is 1.90. The van der Waals surface area contributed by atoms with Crippen molar-refractivity contribution in [2.75, 3.05) is 19.7 Å². The van der Waals surface area contributed by atoms with Crippen LogP contribution in [-0.4, -0.2) is 47.8 Å². The molecule has 0 aromatic carbocycles. The zero-order valence-corrected chi connectivity index (χ0v) is 10.3. The van der Waals surface area contributed by atoms with E-state index in [4.69, 9.17) is 4.74 Å². The fourth-order valence-corrected chi connectivity index (χ4v) is 2.40. The van der Waals surface area contributed by atoms with E-state index in [1.807, 2.05) is 6.92 Å². The van der Waals surface area contributed by atoms with Gasteiger partial charge < -0.3 is 9.84 Å². The lowest BCUT2D eigenvalue weighted by atomic mass is 10.1. The monoisotopic (exact) mass is 237 g/mol. The number of esters is 1. The second-order valence-corrected chi connectivity index (χ2v) is 4.62. The topological polar surface area (TPSA) is 49.8 Å². The lowest BCUT2D eigenvalue weighted by Gasteiger charge is -2.20. The predicted molar refractivity (Wildman–Crippen MR) is 64.5 cm³/mol. The molecule has 0 spiro atoms. The van der Waals surface area contributed by atoms with E-state index in [-0.39, 0.29) is 18.1 Å². The normalized spacial score (nSPS) is 29.1. The van der Waals surface area contributed by atoms with Crippen LogP contribution in [0.3, 0.4) is 0 Å². The van der Waals surface area contributed by atoms with Crippen molar-refractivity contribution in [1.29, 1.82) is 0 Å². The van der Waals surface area contributed by atoms with E-state index < -0.39 is 0 Å². The van der Waals surface area contributed by atoms with E-state index in [0.29, 0.717) is 12.2 Å². The average Bonchev–Trinajstić information content (AvgIpc) is 2.89. The molecule has 0 saturated carbocycles. The summed E-state index contributed by atoms with van der Waals surface area (Å²) in [7, 11) is 0. The van der Waals surface area contributed by atoms with E-state index in [9.17, 15) is 9.90 Å². The zero-order chi connectivity index (χ0) is 12.4. The molecule has 17 heavy (non-hydrogen) atoms. The van der Waals surface area contributed by atoms with Crippen LogP contribution < -0.4 is 0 Å². The van der Waals surface area contributed by atoms with Gasteiger partial charge in [0, 0.05) is 18.7 Å². The second kappa shape index (κ2) is 5.02. The fraction of sp³-hybridized carbons (Fsp3) is 0.615. The summed E-state index contributed by atoms with van der Waals surface area (Å²) < 4.78 is 5.22. The molecule has 1 N–H and O–H groups in total. The molecule has 0 aromatic heterocycles. The molecule has 0 radical (unpaired) electrons. The van der Waals surface area contributed by atoms with Crippen molar-refractivity contribution in [3.8, 4) is 0 Å². The summed E-state index contributed by atoms with van der Waals surface area (Å²) in [6.07, 6.45) is 4.29. The van der Waals surface area contributed by atoms with E-state index in [1.165, 1.54) is 0 Å². The number of aliphatic hydroxyl groups excluding tert-OH is 1. The van der Waals surface area contributed by atoms with Crippen LogP contribution in [0.1, 0.15) is 20.3 Å². The summed E-state index contributed by atoms with van der Waals surface area (Å²) in [6.45, 7) is 5.63. The molecule has 94 valence electrons. The van der Waals surface area contributed by atoms with Crippen molar-refractivity contribution in [2.24, 2.45) is 0 Å². The van der Waals surface area contributed by atoms with Gasteiger partial charge in [-0.25, -0.2) is 4.79 Å². The molecule has 2 aliphatic heterocycles. The SMILES string of the molecule is CC=C(C)C(=O)OCC1=CCN2CCC(O)C12. The van der Waals surface area contributed by atoms with Gasteiger partial charge in [0.05, 0.1) is 12.1 Å². The number of carbonyl (C=O) groups excluding carboxylic acids is 1. The molecule has 2 aliphatic rings. The maximum absolute atomic E-state index is 11.5. The van der Waals surface area contributed by atoms with Crippen molar-refractivity contribution in [3.05, 3.63) is 23.3 Å². The summed E-state index contributed by atoms with van der Waals surface area (Å²) in [5, 5.41) is 9.86. The Hall–Kier alpha value is -1.13. The van der Waals surface area contributed by atoms with Gasteiger partial charge in [0.1, 0.15) is 6.61 Å². The standard InChI is InChI=1S/C13H19NO3/c1-3-9(2)13(16)17-8-10-4-6-14-7-5-11(15)12(10)14/h3-4,11-12,15H,5-8H2,1-2H3. The van der Waals surface area contributed by atoms with Crippen molar-refractivity contribution < 1.29 is 14.6 Å². The Labute approximate surface area is 102 Å². The van der Waals surface area contributed by atoms with Gasteiger partial charge in [0.25, 0.3) is 0 Å². The highest BCUT2D eigenvalue weighted by Crippen LogP contribution is 2.29. The van der Waals surface area contributed by atoms with E-state index in [0.717, 1.165) is 25.1 Å². The van der Waals surface area contributed by atoms with Crippen LogP contribution in [0.5, 0.6) is 0 Å². The molecule has 4 nitrogen and oxygen atoms in total. The number of aliphatic hydroxyl groups is 1. The Morgan fingerprint density at radius 3 is 3.18 bits per heavy atom. The first kappa shape index (κ1) is 12.3. The van der Waals surface area contributed by atoms with Gasteiger partial charge in [0.15, 0.2) is 0 Å². The first-order valence-corrected chi connectivity index (χ1v) is 6.04. The van der Waals surface area contributed by atoms with Gasteiger partial charge in [-0.05, 0) is 25.8 Å². The largest absolute Gasteiger partial charge is 0.458 e. The number of fused-ring (bicyclic) bond motifs is 1. The second-order valence-electron chi connectivity index (χ2n) is 4.62. The summed E-state index contributed by atoms with van der Waals surface area (Å²) in [5.74, 6) is -0.278. The summed E-state index contributed by atoms with van der Waals surface area (Å²) in [6, 6.07) is 0.0636. The van der Waals surface area contributed by atoms with Crippen LogP contribution in [0.25, 0.3) is 0 Å². The van der Waals surface area contributed by atoms with E-state index >= 15 is 0 Å². The van der Waals surface area contributed by atoms with Gasteiger partial charge >= 0.3 is 5.97 Å². The Kier molecular flexibility index (Phi) is 3.64. The molecular weight excluding hydrogens is 218 g/mol. The third-order valence-corrected chi connectivity index (χ3v) is 3.56. The number of rotatable bonds is 3. The van der Waals surface area contributed by atoms with Gasteiger partial charge in [-0.2, -0.15) is 0 Å². The molecule has 2 atom stereocenters. The Morgan fingerprint density at radius 2 is 2.47 bits per heavy atom. The molecule has 0 aliphatic carbocycles. The molecule has 2 heterocycles. The van der Waals surface area contributed by atoms with Crippen LogP contribution in [0.15, 0.2) is 23.3 Å². The molecule has 0 bridgehead atoms. The third kappa shape index (κ3) is 2.42. The van der Waals surface area contributed by atoms with Crippen molar-refractivity contribution >= 4 is 5.97 Å². The number of nitrogens with zero attached hydrogens (tertiary/aromatic N) is 1. The molecular formula is C13H19NO3. The number of hydrogen-bond acceptors (Lipinski definition) is 4. The van der Waals surface area contributed by atoms with Gasteiger partial charge in [-0.1, -0.05) is 12.2 Å². The summed E-state index contributed by atoms with van der Waals surface area (Å²) >= 11 is 0. The van der Waals surface area contributed by atoms with Gasteiger partial charge in [-0.15, -0.1) is 0 Å². The maximum atomic E-state index is 11.5. The average molecular weight is 237 g/mol. The van der Waals surface area contributed by atoms with Crippen LogP contribution in [0.2, 0.25) is 0 Å². The van der Waals surface area contributed by atoms with Crippen LogP contribution in [-0.2, 0) is 9.53 Å². The third-order valence-electron chi connectivity index (χ3n) is 3.56. The Morgan fingerprint density at radius 1 is 1.71 bits per heavy atom. The minimum Gasteiger partial charge on any atom is -0.458 e. The molecule has 1 saturated heterocycles. The van der Waals surface area contributed by atoms with E-state index in [2.05, 4.69) is 11.0 Å². The predicted octanol–water partition coefficient (Wildman–Crippen LogP) is 0.871. The van der Waals surface area contributed by atoms with Crippen LogP contribution in [0.4, 0.5) is 0 Å². The first-order valence-electron chi connectivity index (χ1n) is 6.04. The molecule has 1 fully saturated rings. The lowest BCUT2D eigenvalue weighted by Crippen LogP contribution is -2.33. The van der Waals surface area contributed by atoms with E-state index in [1.54, 1.807) is 13.0 Å².